The van der Waals surface area contributed by atoms with E-state index in [-0.39, 0.29) is 5.92 Å². The average Bonchev–Trinajstić information content (AvgIpc) is 3.80. The van der Waals surface area contributed by atoms with Gasteiger partial charge in [0.05, 0.1) is 25.4 Å². The molecule has 2 saturated heterocycles. The van der Waals surface area contributed by atoms with Crippen LogP contribution in [0, 0.1) is 5.92 Å². The number of epoxide rings is 2. The van der Waals surface area contributed by atoms with Gasteiger partial charge in [-0.2, -0.15) is 0 Å². The molecule has 0 spiro atoms. The van der Waals surface area contributed by atoms with Crippen molar-refractivity contribution in [2.24, 2.45) is 5.92 Å². The first-order chi connectivity index (χ1) is 18.8. The summed E-state index contributed by atoms with van der Waals surface area (Å²) >= 11 is 14.6. The average molecular weight is 607 g/mol. The van der Waals surface area contributed by atoms with Gasteiger partial charge in [-0.1, -0.05) is 67.1 Å². The van der Waals surface area contributed by atoms with Gasteiger partial charge in [0.15, 0.2) is 0 Å². The molecule has 39 heavy (non-hydrogen) atoms. The molecule has 0 saturated carbocycles. The Balaban J connectivity index is 1.65. The van der Waals surface area contributed by atoms with Gasteiger partial charge < -0.3 is 18.9 Å². The highest BCUT2D eigenvalue weighted by Gasteiger charge is 2.32. The van der Waals surface area contributed by atoms with Crippen molar-refractivity contribution in [3.8, 4) is 11.5 Å². The van der Waals surface area contributed by atoms with Crippen molar-refractivity contribution in [2.45, 2.75) is 90.3 Å². The van der Waals surface area contributed by atoms with Crippen LogP contribution in [0.2, 0.25) is 0 Å². The van der Waals surface area contributed by atoms with Crippen molar-refractivity contribution in [1.29, 1.82) is 0 Å². The van der Waals surface area contributed by atoms with Crippen molar-refractivity contribution in [1.82, 2.24) is 0 Å². The second-order valence-corrected chi connectivity index (χ2v) is 14.3. The molecule has 2 heterocycles. The van der Waals surface area contributed by atoms with Gasteiger partial charge >= 0.3 is 0 Å². The van der Waals surface area contributed by atoms with Gasteiger partial charge in [-0.25, -0.2) is 0 Å². The molecule has 1 aromatic carbocycles. The third kappa shape index (κ3) is 10.2. The molecule has 2 unspecified atom stereocenters. The van der Waals surface area contributed by atoms with E-state index in [0.29, 0.717) is 26.9 Å². The lowest BCUT2D eigenvalue weighted by Crippen LogP contribution is -2.20. The molecule has 0 radical (unpaired) electrons. The normalized spacial score (nSPS) is 23.6. The molecule has 0 bridgehead atoms. The minimum atomic E-state index is 0.0891. The summed E-state index contributed by atoms with van der Waals surface area (Å²) in [5.41, 5.74) is 4.78. The number of thiocarbonyl (C=S) groups is 2. The molecule has 0 aromatic heterocycles. The first-order valence-corrected chi connectivity index (χ1v) is 17.0. The highest BCUT2D eigenvalue weighted by atomic mass is 32.2. The van der Waals surface area contributed by atoms with E-state index in [1.807, 2.05) is 0 Å². The van der Waals surface area contributed by atoms with Crippen LogP contribution in [-0.2, 0) is 15.9 Å². The summed E-state index contributed by atoms with van der Waals surface area (Å²) in [7, 11) is 0. The molecular formula is C31H42O4S4. The molecule has 0 amide bonds. The van der Waals surface area contributed by atoms with E-state index < -0.39 is 0 Å². The van der Waals surface area contributed by atoms with E-state index in [1.54, 1.807) is 23.5 Å². The molecule has 4 rings (SSSR count). The smallest absolute Gasteiger partial charge is 0.225 e. The lowest BCUT2D eigenvalue weighted by molar-refractivity contribution is 0.404. The van der Waals surface area contributed by atoms with Gasteiger partial charge in [-0.05, 0) is 100 Å². The Bertz CT molecular complexity index is 1010. The molecule has 4 atom stereocenters. The van der Waals surface area contributed by atoms with Gasteiger partial charge in [0.25, 0.3) is 0 Å². The van der Waals surface area contributed by atoms with Crippen LogP contribution in [0.3, 0.4) is 0 Å². The number of aryl methyl sites for hydroxylation is 1. The van der Waals surface area contributed by atoms with Gasteiger partial charge in [-0.15, -0.1) is 0 Å². The number of hydrogen-bond donors (Lipinski definition) is 0. The van der Waals surface area contributed by atoms with Crippen molar-refractivity contribution in [2.75, 3.05) is 24.7 Å². The number of allylic oxidation sites excluding steroid dienone is 3. The van der Waals surface area contributed by atoms with Crippen LogP contribution >= 0.6 is 48.0 Å². The zero-order valence-electron chi connectivity index (χ0n) is 23.5. The molecule has 8 heteroatoms. The Labute approximate surface area is 254 Å². The SMILES string of the molecule is C=C(C)[C@@H]1CCC(C)=C[C@H]1c1c(OC(=S)SCCC2CO2)cc(CCCCC)cc1OC(=S)SCCC1CO1. The van der Waals surface area contributed by atoms with Crippen molar-refractivity contribution in [3.63, 3.8) is 0 Å². The van der Waals surface area contributed by atoms with Crippen LogP contribution in [0.15, 0.2) is 35.9 Å². The van der Waals surface area contributed by atoms with Gasteiger partial charge in [0, 0.05) is 23.0 Å². The predicted molar refractivity (Wildman–Crippen MR) is 174 cm³/mol. The Hall–Kier alpha value is -0.900. The number of thioether (sulfide) groups is 2. The Morgan fingerprint density at radius 2 is 1.56 bits per heavy atom. The number of rotatable bonds is 14. The highest BCUT2D eigenvalue weighted by molar-refractivity contribution is 8.23. The quantitative estimate of drug-likeness (QED) is 0.0901. The maximum Gasteiger partial charge on any atom is 0.225 e. The van der Waals surface area contributed by atoms with Gasteiger partial charge in [0.1, 0.15) is 11.5 Å². The predicted octanol–water partition coefficient (Wildman–Crippen LogP) is 8.81. The maximum atomic E-state index is 6.50. The van der Waals surface area contributed by atoms with Crippen LogP contribution in [0.1, 0.15) is 82.8 Å². The molecule has 2 aliphatic heterocycles. The summed E-state index contributed by atoms with van der Waals surface area (Å²) in [4.78, 5) is 0. The molecule has 1 aromatic rings. The maximum absolute atomic E-state index is 6.50. The van der Waals surface area contributed by atoms with Crippen LogP contribution in [-0.4, -0.2) is 45.7 Å². The third-order valence-electron chi connectivity index (χ3n) is 7.46. The van der Waals surface area contributed by atoms with E-state index in [0.717, 1.165) is 80.3 Å². The molecule has 3 aliphatic rings. The lowest BCUT2D eigenvalue weighted by Gasteiger charge is -2.33. The topological polar surface area (TPSA) is 43.5 Å². The molecule has 2 fully saturated rings. The third-order valence-corrected chi connectivity index (χ3v) is 9.85. The second kappa shape index (κ2) is 15.4. The standard InChI is InChI=1S/C31H42O4S4/c1-5-6-7-8-22-16-27(34-30(36)38-13-11-23-18-32-23)29(26-15-21(4)9-10-25(26)20(2)3)28(17-22)35-31(37)39-14-12-24-19-33-24/h15-17,23-26H,2,5-14,18-19H2,1,3-4H3/t23?,24?,25-,26+/m0/s1. The minimum absolute atomic E-state index is 0.0891. The van der Waals surface area contributed by atoms with Crippen LogP contribution in [0.5, 0.6) is 11.5 Å². The van der Waals surface area contributed by atoms with E-state index in [4.69, 9.17) is 43.4 Å². The van der Waals surface area contributed by atoms with Gasteiger partial charge in [-0.3, -0.25) is 0 Å². The Morgan fingerprint density at radius 3 is 2.05 bits per heavy atom. The van der Waals surface area contributed by atoms with E-state index in [2.05, 4.69) is 45.6 Å². The Morgan fingerprint density at radius 1 is 1.00 bits per heavy atom. The Kier molecular flexibility index (Phi) is 12.2. The summed E-state index contributed by atoms with van der Waals surface area (Å²) in [6.07, 6.45) is 11.7. The number of ether oxygens (including phenoxy) is 4. The first kappa shape index (κ1) is 31.0. The summed E-state index contributed by atoms with van der Waals surface area (Å²) < 4.78 is 24.8. The second-order valence-electron chi connectivity index (χ2n) is 10.9. The number of unbranched alkanes of at least 4 members (excludes halogenated alkanes) is 2. The van der Waals surface area contributed by atoms with E-state index in [1.165, 1.54) is 29.6 Å². The lowest BCUT2D eigenvalue weighted by atomic mass is 9.73. The van der Waals surface area contributed by atoms with Crippen LogP contribution in [0.4, 0.5) is 0 Å². The fraction of sp³-hybridized carbons (Fsp3) is 0.613. The first-order valence-electron chi connectivity index (χ1n) is 14.3. The van der Waals surface area contributed by atoms with E-state index >= 15 is 0 Å². The summed E-state index contributed by atoms with van der Waals surface area (Å²) in [6, 6.07) is 4.37. The van der Waals surface area contributed by atoms with Crippen LogP contribution < -0.4 is 9.47 Å². The summed E-state index contributed by atoms with van der Waals surface area (Å²) in [6.45, 7) is 12.7. The van der Waals surface area contributed by atoms with Gasteiger partial charge in [0.2, 0.25) is 8.77 Å². The molecule has 4 nitrogen and oxygen atoms in total. The molecule has 214 valence electrons. The molecular weight excluding hydrogens is 565 g/mol. The van der Waals surface area contributed by atoms with Crippen molar-refractivity contribution >= 4 is 56.7 Å². The monoisotopic (exact) mass is 606 g/mol. The zero-order valence-corrected chi connectivity index (χ0v) is 26.8. The highest BCUT2D eigenvalue weighted by Crippen LogP contribution is 2.48. The number of benzene rings is 1. The largest absolute Gasteiger partial charge is 0.439 e. The zero-order chi connectivity index (χ0) is 27.8. The fourth-order valence-corrected chi connectivity index (χ4v) is 7.11. The fourth-order valence-electron chi connectivity index (χ4n) is 5.04. The van der Waals surface area contributed by atoms with Crippen LogP contribution in [0.25, 0.3) is 0 Å². The minimum Gasteiger partial charge on any atom is -0.439 e. The summed E-state index contributed by atoms with van der Waals surface area (Å²) in [5, 5.41) is 0. The molecule has 1 aliphatic carbocycles. The number of hydrogen-bond acceptors (Lipinski definition) is 8. The van der Waals surface area contributed by atoms with Crippen molar-refractivity contribution < 1.29 is 18.9 Å². The summed E-state index contributed by atoms with van der Waals surface area (Å²) in [5.74, 6) is 3.75. The molecule has 0 N–H and O–H groups in total. The van der Waals surface area contributed by atoms with E-state index in [9.17, 15) is 0 Å². The van der Waals surface area contributed by atoms with Crippen molar-refractivity contribution in [3.05, 3.63) is 47.1 Å².